The standard InChI is InChI=1S/C12H22O2/c1-5-6-7-12(14-4)11(3)8-10(2)9-13/h8-9,11-12H,5-7H2,1-4H3. The summed E-state index contributed by atoms with van der Waals surface area (Å²) in [6, 6.07) is 0. The van der Waals surface area contributed by atoms with E-state index < -0.39 is 0 Å². The van der Waals surface area contributed by atoms with Gasteiger partial charge in [-0.05, 0) is 18.9 Å². The molecule has 0 aromatic rings. The largest absolute Gasteiger partial charge is 0.381 e. The molecule has 82 valence electrons. The third-order valence-corrected chi connectivity index (χ3v) is 2.44. The second-order valence-electron chi connectivity index (χ2n) is 3.80. The number of methoxy groups -OCH3 is 1. The van der Waals surface area contributed by atoms with Gasteiger partial charge in [0.15, 0.2) is 0 Å². The Kier molecular flexibility index (Phi) is 7.40. The van der Waals surface area contributed by atoms with Crippen molar-refractivity contribution in [1.29, 1.82) is 0 Å². The van der Waals surface area contributed by atoms with Crippen LogP contribution in [-0.2, 0) is 9.53 Å². The van der Waals surface area contributed by atoms with Gasteiger partial charge in [0.1, 0.15) is 6.29 Å². The molecule has 0 spiro atoms. The van der Waals surface area contributed by atoms with Crippen LogP contribution in [0.25, 0.3) is 0 Å². The van der Waals surface area contributed by atoms with Crippen LogP contribution in [0.4, 0.5) is 0 Å². The smallest absolute Gasteiger partial charge is 0.145 e. The monoisotopic (exact) mass is 198 g/mol. The topological polar surface area (TPSA) is 26.3 Å². The Morgan fingerprint density at radius 2 is 2.14 bits per heavy atom. The van der Waals surface area contributed by atoms with Crippen LogP contribution in [0.5, 0.6) is 0 Å². The molecule has 14 heavy (non-hydrogen) atoms. The maximum absolute atomic E-state index is 10.5. The van der Waals surface area contributed by atoms with Crippen LogP contribution in [0.2, 0.25) is 0 Å². The van der Waals surface area contributed by atoms with Crippen LogP contribution in [0.3, 0.4) is 0 Å². The van der Waals surface area contributed by atoms with E-state index in [0.717, 1.165) is 18.3 Å². The maximum Gasteiger partial charge on any atom is 0.145 e. The highest BCUT2D eigenvalue weighted by molar-refractivity contribution is 5.72. The summed E-state index contributed by atoms with van der Waals surface area (Å²) < 4.78 is 5.40. The Balaban J connectivity index is 4.15. The Bertz CT molecular complexity index is 185. The Morgan fingerprint density at radius 3 is 2.57 bits per heavy atom. The first-order valence-corrected chi connectivity index (χ1v) is 5.32. The highest BCUT2D eigenvalue weighted by Gasteiger charge is 2.13. The third-order valence-electron chi connectivity index (χ3n) is 2.44. The molecule has 2 heteroatoms. The van der Waals surface area contributed by atoms with E-state index in [9.17, 15) is 4.79 Å². The molecule has 0 radical (unpaired) electrons. The molecule has 0 aliphatic carbocycles. The first-order chi connectivity index (χ1) is 6.65. The van der Waals surface area contributed by atoms with Crippen molar-refractivity contribution in [2.45, 2.75) is 46.1 Å². The van der Waals surface area contributed by atoms with E-state index in [1.54, 1.807) is 7.11 Å². The summed E-state index contributed by atoms with van der Waals surface area (Å²) in [5.74, 6) is 0.316. The number of carbonyl (C=O) groups is 1. The minimum absolute atomic E-state index is 0.241. The van der Waals surface area contributed by atoms with Crippen molar-refractivity contribution in [3.63, 3.8) is 0 Å². The van der Waals surface area contributed by atoms with Crippen molar-refractivity contribution in [3.8, 4) is 0 Å². The fraction of sp³-hybridized carbons (Fsp3) is 0.750. The van der Waals surface area contributed by atoms with Crippen LogP contribution < -0.4 is 0 Å². The molecule has 0 N–H and O–H groups in total. The first-order valence-electron chi connectivity index (χ1n) is 5.32. The predicted molar refractivity (Wildman–Crippen MR) is 59.3 cm³/mol. The Labute approximate surface area is 87.3 Å². The lowest BCUT2D eigenvalue weighted by Gasteiger charge is -2.19. The van der Waals surface area contributed by atoms with Gasteiger partial charge in [0.05, 0.1) is 6.10 Å². The van der Waals surface area contributed by atoms with Crippen LogP contribution in [0.1, 0.15) is 40.0 Å². The summed E-state index contributed by atoms with van der Waals surface area (Å²) in [7, 11) is 1.74. The van der Waals surface area contributed by atoms with Crippen molar-refractivity contribution < 1.29 is 9.53 Å². The van der Waals surface area contributed by atoms with Crippen molar-refractivity contribution >= 4 is 6.29 Å². The van der Waals surface area contributed by atoms with Crippen LogP contribution >= 0.6 is 0 Å². The number of unbranched alkanes of at least 4 members (excludes halogenated alkanes) is 1. The van der Waals surface area contributed by atoms with E-state index >= 15 is 0 Å². The lowest BCUT2D eigenvalue weighted by atomic mass is 9.97. The van der Waals surface area contributed by atoms with Gasteiger partial charge in [-0.3, -0.25) is 4.79 Å². The molecule has 0 rings (SSSR count). The zero-order valence-electron chi connectivity index (χ0n) is 9.75. The normalized spacial score (nSPS) is 16.4. The minimum atomic E-state index is 0.241. The molecule has 0 bridgehead atoms. The molecule has 2 nitrogen and oxygen atoms in total. The highest BCUT2D eigenvalue weighted by atomic mass is 16.5. The summed E-state index contributed by atoms with van der Waals surface area (Å²) in [6.07, 6.45) is 6.54. The molecule has 2 atom stereocenters. The number of rotatable bonds is 7. The molecular weight excluding hydrogens is 176 g/mol. The fourth-order valence-corrected chi connectivity index (χ4v) is 1.56. The number of aldehydes is 1. The van der Waals surface area contributed by atoms with Gasteiger partial charge in [0.2, 0.25) is 0 Å². The van der Waals surface area contributed by atoms with Gasteiger partial charge in [-0.25, -0.2) is 0 Å². The SMILES string of the molecule is CCCCC(OC)C(C)C=C(C)C=O. The van der Waals surface area contributed by atoms with E-state index in [1.807, 2.05) is 13.0 Å². The Hall–Kier alpha value is -0.630. The van der Waals surface area contributed by atoms with Gasteiger partial charge in [-0.15, -0.1) is 0 Å². The second kappa shape index (κ2) is 7.74. The number of ether oxygens (including phenoxy) is 1. The van der Waals surface area contributed by atoms with E-state index in [4.69, 9.17) is 4.74 Å². The van der Waals surface area contributed by atoms with Gasteiger partial charge in [0, 0.05) is 13.0 Å². The van der Waals surface area contributed by atoms with Crippen molar-refractivity contribution in [1.82, 2.24) is 0 Å². The first kappa shape index (κ1) is 13.4. The molecule has 0 fully saturated rings. The van der Waals surface area contributed by atoms with Crippen molar-refractivity contribution in [2.75, 3.05) is 7.11 Å². The lowest BCUT2D eigenvalue weighted by Crippen LogP contribution is -2.19. The lowest BCUT2D eigenvalue weighted by molar-refractivity contribution is -0.104. The molecular formula is C12H22O2. The van der Waals surface area contributed by atoms with Crippen LogP contribution in [0.15, 0.2) is 11.6 Å². The van der Waals surface area contributed by atoms with Gasteiger partial charge < -0.3 is 4.74 Å². The van der Waals surface area contributed by atoms with Crippen molar-refractivity contribution in [2.24, 2.45) is 5.92 Å². The highest BCUT2D eigenvalue weighted by Crippen LogP contribution is 2.16. The predicted octanol–water partition coefficient (Wildman–Crippen LogP) is 2.97. The molecule has 0 aliphatic rings. The summed E-state index contributed by atoms with van der Waals surface area (Å²) in [5.41, 5.74) is 0.788. The number of carbonyl (C=O) groups excluding carboxylic acids is 1. The molecule has 2 unspecified atom stereocenters. The summed E-state index contributed by atoms with van der Waals surface area (Å²) in [5, 5.41) is 0. The quantitative estimate of drug-likeness (QED) is 0.464. The van der Waals surface area contributed by atoms with Gasteiger partial charge in [0.25, 0.3) is 0 Å². The molecule has 0 amide bonds. The molecule has 0 aromatic carbocycles. The molecule has 0 heterocycles. The van der Waals surface area contributed by atoms with E-state index in [2.05, 4.69) is 13.8 Å². The van der Waals surface area contributed by atoms with E-state index in [0.29, 0.717) is 5.92 Å². The maximum atomic E-state index is 10.5. The minimum Gasteiger partial charge on any atom is -0.381 e. The molecule has 0 aromatic heterocycles. The second-order valence-corrected chi connectivity index (χ2v) is 3.80. The van der Waals surface area contributed by atoms with Crippen LogP contribution in [-0.4, -0.2) is 19.5 Å². The fourth-order valence-electron chi connectivity index (χ4n) is 1.56. The molecule has 0 aliphatic heterocycles. The number of hydrogen-bond donors (Lipinski definition) is 0. The number of allylic oxidation sites excluding steroid dienone is 1. The van der Waals surface area contributed by atoms with Crippen LogP contribution in [0, 0.1) is 5.92 Å². The molecule has 0 saturated carbocycles. The summed E-state index contributed by atoms with van der Waals surface area (Å²) in [4.78, 5) is 10.5. The average molecular weight is 198 g/mol. The third kappa shape index (κ3) is 5.18. The zero-order valence-corrected chi connectivity index (χ0v) is 9.75. The van der Waals surface area contributed by atoms with E-state index in [-0.39, 0.29) is 6.10 Å². The number of hydrogen-bond acceptors (Lipinski definition) is 2. The van der Waals surface area contributed by atoms with Gasteiger partial charge in [-0.2, -0.15) is 0 Å². The summed E-state index contributed by atoms with van der Waals surface area (Å²) >= 11 is 0. The average Bonchev–Trinajstić information content (AvgIpc) is 2.18. The zero-order chi connectivity index (χ0) is 11.0. The van der Waals surface area contributed by atoms with Gasteiger partial charge >= 0.3 is 0 Å². The van der Waals surface area contributed by atoms with Gasteiger partial charge in [-0.1, -0.05) is 32.8 Å². The van der Waals surface area contributed by atoms with E-state index in [1.165, 1.54) is 12.8 Å². The molecule has 0 saturated heterocycles. The summed E-state index contributed by atoms with van der Waals surface area (Å²) in [6.45, 7) is 6.09. The Morgan fingerprint density at radius 1 is 1.50 bits per heavy atom. The van der Waals surface area contributed by atoms with Crippen molar-refractivity contribution in [3.05, 3.63) is 11.6 Å².